The number of hydrogen-bond donors (Lipinski definition) is 2. The summed E-state index contributed by atoms with van der Waals surface area (Å²) in [6.45, 7) is 0. The molecule has 1 aromatic carbocycles. The molecule has 0 spiro atoms. The van der Waals surface area contributed by atoms with E-state index in [1.807, 2.05) is 30.3 Å². The standard InChI is InChI=1S/C9H10N2O2/c10-9(12)8(11-13)6-7-4-2-1-3-5-7/h1-5,13H,6H2,(H2,10,12). The highest BCUT2D eigenvalue weighted by Crippen LogP contribution is 2.00. The number of carbonyl (C=O) groups is 1. The Bertz CT molecular complexity index is 320. The van der Waals surface area contributed by atoms with Gasteiger partial charge in [-0.25, -0.2) is 0 Å². The van der Waals surface area contributed by atoms with Crippen LogP contribution in [-0.2, 0) is 11.2 Å². The average Bonchev–Trinajstić information content (AvgIpc) is 2.15. The first-order valence-electron chi connectivity index (χ1n) is 3.78. The fourth-order valence-electron chi connectivity index (χ4n) is 0.961. The van der Waals surface area contributed by atoms with Crippen molar-refractivity contribution in [1.82, 2.24) is 0 Å². The monoisotopic (exact) mass is 178 g/mol. The van der Waals surface area contributed by atoms with Gasteiger partial charge in [0.15, 0.2) is 0 Å². The van der Waals surface area contributed by atoms with Crippen molar-refractivity contribution < 1.29 is 10.0 Å². The summed E-state index contributed by atoms with van der Waals surface area (Å²) in [5.74, 6) is -0.702. The summed E-state index contributed by atoms with van der Waals surface area (Å²) in [5, 5.41) is 11.3. The minimum absolute atomic E-state index is 0.0359. The second-order valence-corrected chi connectivity index (χ2v) is 2.57. The van der Waals surface area contributed by atoms with Gasteiger partial charge in [-0.05, 0) is 5.56 Å². The van der Waals surface area contributed by atoms with Crippen LogP contribution in [0.4, 0.5) is 0 Å². The first kappa shape index (κ1) is 9.25. The van der Waals surface area contributed by atoms with E-state index in [9.17, 15) is 4.79 Å². The van der Waals surface area contributed by atoms with Gasteiger partial charge in [-0.1, -0.05) is 35.5 Å². The van der Waals surface area contributed by atoms with Gasteiger partial charge in [0.1, 0.15) is 5.71 Å². The van der Waals surface area contributed by atoms with Crippen molar-refractivity contribution in [3.05, 3.63) is 35.9 Å². The minimum atomic E-state index is -0.702. The number of carbonyl (C=O) groups excluding carboxylic acids is 1. The predicted octanol–water partition coefficient (Wildman–Crippen LogP) is 0.545. The van der Waals surface area contributed by atoms with Crippen LogP contribution in [0.1, 0.15) is 5.56 Å². The van der Waals surface area contributed by atoms with Gasteiger partial charge in [0, 0.05) is 6.42 Å². The molecule has 0 saturated heterocycles. The molecule has 3 N–H and O–H groups in total. The summed E-state index contributed by atoms with van der Waals surface area (Å²) in [6, 6.07) is 9.20. The zero-order chi connectivity index (χ0) is 9.68. The van der Waals surface area contributed by atoms with Crippen molar-refractivity contribution in [1.29, 1.82) is 0 Å². The molecular weight excluding hydrogens is 168 g/mol. The lowest BCUT2D eigenvalue weighted by Gasteiger charge is -1.99. The van der Waals surface area contributed by atoms with Gasteiger partial charge in [-0.3, -0.25) is 4.79 Å². The lowest BCUT2D eigenvalue weighted by atomic mass is 10.1. The highest BCUT2D eigenvalue weighted by molar-refractivity contribution is 6.38. The molecule has 0 unspecified atom stereocenters. The van der Waals surface area contributed by atoms with E-state index in [0.717, 1.165) is 5.56 Å². The van der Waals surface area contributed by atoms with E-state index in [2.05, 4.69) is 5.16 Å². The molecule has 0 aliphatic carbocycles. The van der Waals surface area contributed by atoms with Crippen LogP contribution in [0.2, 0.25) is 0 Å². The van der Waals surface area contributed by atoms with Crippen molar-refractivity contribution in [2.75, 3.05) is 0 Å². The summed E-state index contributed by atoms with van der Waals surface area (Å²) in [7, 11) is 0. The third-order valence-electron chi connectivity index (χ3n) is 1.62. The topological polar surface area (TPSA) is 75.7 Å². The minimum Gasteiger partial charge on any atom is -0.410 e. The molecule has 0 aromatic heterocycles. The number of rotatable bonds is 3. The Morgan fingerprint density at radius 1 is 1.38 bits per heavy atom. The van der Waals surface area contributed by atoms with Gasteiger partial charge in [0.2, 0.25) is 0 Å². The molecule has 0 bridgehead atoms. The Balaban J connectivity index is 2.74. The maximum atomic E-state index is 10.7. The summed E-state index contributed by atoms with van der Waals surface area (Å²) in [6.07, 6.45) is 0.257. The molecule has 4 heteroatoms. The van der Waals surface area contributed by atoms with E-state index in [4.69, 9.17) is 10.9 Å². The maximum absolute atomic E-state index is 10.7. The second-order valence-electron chi connectivity index (χ2n) is 2.57. The van der Waals surface area contributed by atoms with Crippen molar-refractivity contribution in [2.45, 2.75) is 6.42 Å². The number of nitrogens with zero attached hydrogens (tertiary/aromatic N) is 1. The van der Waals surface area contributed by atoms with E-state index < -0.39 is 5.91 Å². The first-order valence-corrected chi connectivity index (χ1v) is 3.78. The number of amides is 1. The van der Waals surface area contributed by atoms with E-state index in [-0.39, 0.29) is 12.1 Å². The van der Waals surface area contributed by atoms with Crippen LogP contribution in [0.25, 0.3) is 0 Å². The molecule has 13 heavy (non-hydrogen) atoms. The van der Waals surface area contributed by atoms with Crippen molar-refractivity contribution in [2.24, 2.45) is 10.9 Å². The Morgan fingerprint density at radius 2 is 2.00 bits per heavy atom. The Labute approximate surface area is 75.7 Å². The summed E-state index contributed by atoms with van der Waals surface area (Å²) in [5.41, 5.74) is 5.81. The third kappa shape index (κ3) is 2.59. The normalized spacial score (nSPS) is 11.2. The van der Waals surface area contributed by atoms with Gasteiger partial charge in [-0.2, -0.15) is 0 Å². The molecule has 1 rings (SSSR count). The zero-order valence-corrected chi connectivity index (χ0v) is 6.97. The quantitative estimate of drug-likeness (QED) is 0.402. The van der Waals surface area contributed by atoms with E-state index in [1.165, 1.54) is 0 Å². The van der Waals surface area contributed by atoms with Crippen LogP contribution in [0.3, 0.4) is 0 Å². The lowest BCUT2D eigenvalue weighted by molar-refractivity contribution is -0.112. The molecule has 1 aromatic rings. The lowest BCUT2D eigenvalue weighted by Crippen LogP contribution is -2.25. The highest BCUT2D eigenvalue weighted by Gasteiger charge is 2.07. The predicted molar refractivity (Wildman–Crippen MR) is 48.6 cm³/mol. The maximum Gasteiger partial charge on any atom is 0.266 e. The Kier molecular flexibility index (Phi) is 3.03. The van der Waals surface area contributed by atoms with E-state index >= 15 is 0 Å². The van der Waals surface area contributed by atoms with Crippen LogP contribution in [0.5, 0.6) is 0 Å². The largest absolute Gasteiger partial charge is 0.410 e. The summed E-state index contributed by atoms with van der Waals surface area (Å²) in [4.78, 5) is 10.7. The Morgan fingerprint density at radius 3 is 2.46 bits per heavy atom. The SMILES string of the molecule is NC(=O)C(Cc1ccccc1)=NO. The molecule has 1 amide bonds. The van der Waals surface area contributed by atoms with Crippen LogP contribution in [0, 0.1) is 0 Å². The summed E-state index contributed by atoms with van der Waals surface area (Å²) >= 11 is 0. The number of nitrogens with two attached hydrogens (primary N) is 1. The van der Waals surface area contributed by atoms with Crippen LogP contribution < -0.4 is 5.73 Å². The Hall–Kier alpha value is -1.84. The third-order valence-corrected chi connectivity index (χ3v) is 1.62. The van der Waals surface area contributed by atoms with Crippen molar-refractivity contribution in [3.63, 3.8) is 0 Å². The van der Waals surface area contributed by atoms with Gasteiger partial charge in [0.05, 0.1) is 0 Å². The van der Waals surface area contributed by atoms with Crippen LogP contribution in [0.15, 0.2) is 35.5 Å². The average molecular weight is 178 g/mol. The molecular formula is C9H10N2O2. The summed E-state index contributed by atoms with van der Waals surface area (Å²) < 4.78 is 0. The number of primary amides is 1. The van der Waals surface area contributed by atoms with Crippen LogP contribution >= 0.6 is 0 Å². The van der Waals surface area contributed by atoms with E-state index in [0.29, 0.717) is 0 Å². The van der Waals surface area contributed by atoms with E-state index in [1.54, 1.807) is 0 Å². The molecule has 4 nitrogen and oxygen atoms in total. The van der Waals surface area contributed by atoms with Crippen LogP contribution in [-0.4, -0.2) is 16.8 Å². The van der Waals surface area contributed by atoms with Gasteiger partial charge in [0.25, 0.3) is 5.91 Å². The van der Waals surface area contributed by atoms with Gasteiger partial charge >= 0.3 is 0 Å². The second kappa shape index (κ2) is 4.25. The molecule has 0 aliphatic heterocycles. The number of oxime groups is 1. The fraction of sp³-hybridized carbons (Fsp3) is 0.111. The molecule has 0 fully saturated rings. The molecule has 0 heterocycles. The molecule has 0 atom stereocenters. The molecule has 0 saturated carbocycles. The smallest absolute Gasteiger partial charge is 0.266 e. The zero-order valence-electron chi connectivity index (χ0n) is 6.97. The number of benzene rings is 1. The molecule has 68 valence electrons. The first-order chi connectivity index (χ1) is 6.24. The highest BCUT2D eigenvalue weighted by atomic mass is 16.4. The fourth-order valence-corrected chi connectivity index (χ4v) is 0.961. The van der Waals surface area contributed by atoms with Crippen molar-refractivity contribution in [3.8, 4) is 0 Å². The van der Waals surface area contributed by atoms with Crippen molar-refractivity contribution >= 4 is 11.6 Å². The molecule has 0 aliphatic rings. The van der Waals surface area contributed by atoms with Gasteiger partial charge in [-0.15, -0.1) is 0 Å². The van der Waals surface area contributed by atoms with Gasteiger partial charge < -0.3 is 10.9 Å². The molecule has 0 radical (unpaired) electrons. The number of hydrogen-bond acceptors (Lipinski definition) is 3.